The third-order valence-corrected chi connectivity index (χ3v) is 3.11. The summed E-state index contributed by atoms with van der Waals surface area (Å²) in [6, 6.07) is 6.42. The number of aliphatic hydroxyl groups is 1. The number of ketones is 1. The number of Topliss-reactive ketones (excluding diaryl/α,β-unsaturated/α-hetero) is 1. The molecule has 5 N–H and O–H groups in total. The maximum Gasteiger partial charge on any atom is 0.180 e. The molecule has 0 saturated carbocycles. The minimum atomic E-state index is -0.446. The van der Waals surface area contributed by atoms with Crippen LogP contribution in [0.3, 0.4) is 0 Å². The number of carbonyl (C=O) groups excluding carboxylic acids is 1. The Balaban J connectivity index is 0.000000231. The van der Waals surface area contributed by atoms with Crippen LogP contribution >= 0.6 is 23.2 Å². The van der Waals surface area contributed by atoms with Gasteiger partial charge >= 0.3 is 0 Å². The Morgan fingerprint density at radius 2 is 1.65 bits per heavy atom. The van der Waals surface area contributed by atoms with Crippen molar-refractivity contribution in [2.24, 2.45) is 0 Å². The van der Waals surface area contributed by atoms with Crippen LogP contribution in [0.2, 0.25) is 10.3 Å². The van der Waals surface area contributed by atoms with Crippen molar-refractivity contribution in [3.05, 3.63) is 46.0 Å². The second kappa shape index (κ2) is 8.67. The van der Waals surface area contributed by atoms with Gasteiger partial charge in [-0.3, -0.25) is 4.79 Å². The molecule has 0 bridgehead atoms. The van der Waals surface area contributed by atoms with Crippen molar-refractivity contribution in [3.63, 3.8) is 0 Å². The van der Waals surface area contributed by atoms with Crippen LogP contribution in [0.5, 0.6) is 0 Å². The highest BCUT2D eigenvalue weighted by molar-refractivity contribution is 6.29. The fourth-order valence-electron chi connectivity index (χ4n) is 1.66. The number of aliphatic hydroxyl groups excluding tert-OH is 1. The van der Waals surface area contributed by atoms with Gasteiger partial charge in [-0.1, -0.05) is 23.2 Å². The summed E-state index contributed by atoms with van der Waals surface area (Å²) in [7, 11) is 0. The lowest BCUT2D eigenvalue weighted by Gasteiger charge is -2.06. The van der Waals surface area contributed by atoms with E-state index in [9.17, 15) is 4.79 Å². The largest absolute Gasteiger partial charge is 0.397 e. The predicted molar refractivity (Wildman–Crippen MR) is 92.7 cm³/mol. The third kappa shape index (κ3) is 6.40. The van der Waals surface area contributed by atoms with Gasteiger partial charge in [0.15, 0.2) is 5.78 Å². The molecule has 124 valence electrons. The van der Waals surface area contributed by atoms with Crippen LogP contribution in [0.1, 0.15) is 30.0 Å². The van der Waals surface area contributed by atoms with Gasteiger partial charge in [-0.2, -0.15) is 0 Å². The highest BCUT2D eigenvalue weighted by atomic mass is 35.5. The maximum atomic E-state index is 10.8. The van der Waals surface area contributed by atoms with Crippen LogP contribution in [0.25, 0.3) is 0 Å². The van der Waals surface area contributed by atoms with Gasteiger partial charge in [-0.25, -0.2) is 9.97 Å². The van der Waals surface area contributed by atoms with Crippen molar-refractivity contribution in [2.45, 2.75) is 26.4 Å². The molecule has 0 aliphatic carbocycles. The van der Waals surface area contributed by atoms with Gasteiger partial charge in [0.05, 0.1) is 23.2 Å². The molecule has 8 heteroatoms. The molecule has 1 atom stereocenters. The number of carbonyl (C=O) groups is 1. The van der Waals surface area contributed by atoms with Gasteiger partial charge in [-0.15, -0.1) is 0 Å². The maximum absolute atomic E-state index is 10.8. The van der Waals surface area contributed by atoms with Crippen LogP contribution < -0.4 is 11.5 Å². The van der Waals surface area contributed by atoms with E-state index in [0.29, 0.717) is 28.6 Å². The first-order chi connectivity index (χ1) is 10.7. The van der Waals surface area contributed by atoms with Crippen molar-refractivity contribution in [1.29, 1.82) is 0 Å². The highest BCUT2D eigenvalue weighted by Gasteiger charge is 2.06. The Morgan fingerprint density at radius 3 is 2.13 bits per heavy atom. The molecule has 0 aromatic carbocycles. The molecule has 0 spiro atoms. The van der Waals surface area contributed by atoms with Gasteiger partial charge in [0.1, 0.15) is 16.0 Å². The van der Waals surface area contributed by atoms with Gasteiger partial charge in [0, 0.05) is 13.3 Å². The van der Waals surface area contributed by atoms with Crippen molar-refractivity contribution >= 4 is 40.4 Å². The Labute approximate surface area is 144 Å². The number of pyridine rings is 2. The summed E-state index contributed by atoms with van der Waals surface area (Å²) in [5.41, 5.74) is 12.9. The topological polar surface area (TPSA) is 115 Å². The predicted octanol–water partition coefficient (Wildman–Crippen LogP) is 2.76. The van der Waals surface area contributed by atoms with Crippen molar-refractivity contribution in [3.8, 4) is 0 Å². The molecule has 6 nitrogen and oxygen atoms in total. The normalized spacial score (nSPS) is 11.3. The molecule has 2 aromatic heterocycles. The molecule has 2 rings (SSSR count). The molecule has 1 unspecified atom stereocenters. The number of rotatable bonds is 3. The number of hydrogen-bond donors (Lipinski definition) is 3. The van der Waals surface area contributed by atoms with Gasteiger partial charge < -0.3 is 16.6 Å². The van der Waals surface area contributed by atoms with Crippen molar-refractivity contribution < 1.29 is 9.90 Å². The summed E-state index contributed by atoms with van der Waals surface area (Å²) in [4.78, 5) is 18.6. The lowest BCUT2D eigenvalue weighted by atomic mass is 10.2. The molecule has 0 aliphatic rings. The van der Waals surface area contributed by atoms with Crippen molar-refractivity contribution in [1.82, 2.24) is 9.97 Å². The standard InChI is InChI=1S/C8H11ClN2O.C7H7ClN2O/c1-5(12)4-7-6(10)2-3-8(9)11-7;1-4(11)7-5(9)2-3-6(8)10-7/h2-3,5,12H,4,10H2,1H3;2-3H,9H2,1H3. The number of nitrogen functional groups attached to an aromatic ring is 2. The Bertz CT molecular complexity index is 693. The first-order valence-corrected chi connectivity index (χ1v) is 7.48. The fraction of sp³-hybridized carbons (Fsp3) is 0.267. The van der Waals surface area contributed by atoms with E-state index in [1.165, 1.54) is 6.92 Å². The second-order valence-corrected chi connectivity index (χ2v) is 5.63. The number of halogens is 2. The minimum absolute atomic E-state index is 0.176. The molecule has 0 amide bonds. The number of aromatic nitrogens is 2. The van der Waals surface area contributed by atoms with Crippen LogP contribution in [-0.4, -0.2) is 27.0 Å². The van der Waals surface area contributed by atoms with E-state index < -0.39 is 6.10 Å². The van der Waals surface area contributed by atoms with E-state index in [1.54, 1.807) is 31.2 Å². The molecule has 0 saturated heterocycles. The second-order valence-electron chi connectivity index (χ2n) is 4.85. The number of nitrogens with zero attached hydrogens (tertiary/aromatic N) is 2. The Hall–Kier alpha value is -1.89. The minimum Gasteiger partial charge on any atom is -0.397 e. The Morgan fingerprint density at radius 1 is 1.13 bits per heavy atom. The molecule has 2 heterocycles. The summed E-state index contributed by atoms with van der Waals surface area (Å²) >= 11 is 11.2. The van der Waals surface area contributed by atoms with Gasteiger partial charge in [-0.05, 0) is 31.2 Å². The third-order valence-electron chi connectivity index (χ3n) is 2.69. The van der Waals surface area contributed by atoms with Crippen molar-refractivity contribution in [2.75, 3.05) is 11.5 Å². The zero-order valence-corrected chi connectivity index (χ0v) is 14.3. The zero-order chi connectivity index (χ0) is 17.6. The summed E-state index contributed by atoms with van der Waals surface area (Å²) in [6.07, 6.45) is -0.00915. The monoisotopic (exact) mass is 356 g/mol. The number of hydrogen-bond acceptors (Lipinski definition) is 6. The average Bonchev–Trinajstić information content (AvgIpc) is 2.45. The van der Waals surface area contributed by atoms with E-state index in [2.05, 4.69) is 9.97 Å². The molecule has 23 heavy (non-hydrogen) atoms. The summed E-state index contributed by atoms with van der Waals surface area (Å²) in [5, 5.41) is 9.77. The SMILES string of the molecule is CC(=O)c1nc(Cl)ccc1N.CC(O)Cc1nc(Cl)ccc1N. The molecule has 0 fully saturated rings. The van der Waals surface area contributed by atoms with Crippen LogP contribution in [0, 0.1) is 0 Å². The van der Waals surface area contributed by atoms with E-state index in [0.717, 1.165) is 0 Å². The summed E-state index contributed by atoms with van der Waals surface area (Å²) in [6.45, 7) is 3.08. The first kappa shape index (κ1) is 19.2. The molecule has 2 aromatic rings. The molecule has 0 radical (unpaired) electrons. The van der Waals surface area contributed by atoms with E-state index >= 15 is 0 Å². The molecule has 0 aliphatic heterocycles. The summed E-state index contributed by atoms with van der Waals surface area (Å²) < 4.78 is 0. The average molecular weight is 357 g/mol. The van der Waals surface area contributed by atoms with E-state index in [1.807, 2.05) is 0 Å². The summed E-state index contributed by atoms with van der Waals surface area (Å²) in [5.74, 6) is -0.176. The first-order valence-electron chi connectivity index (χ1n) is 6.72. The fourth-order valence-corrected chi connectivity index (χ4v) is 1.97. The number of nitrogens with two attached hydrogens (primary N) is 2. The van der Waals surface area contributed by atoms with Gasteiger partial charge in [0.25, 0.3) is 0 Å². The Kier molecular flexibility index (Phi) is 7.22. The molecular formula is C15H18Cl2N4O2. The highest BCUT2D eigenvalue weighted by Crippen LogP contribution is 2.15. The lowest BCUT2D eigenvalue weighted by molar-refractivity contribution is 0.101. The van der Waals surface area contributed by atoms with Crippen LogP contribution in [-0.2, 0) is 6.42 Å². The smallest absolute Gasteiger partial charge is 0.180 e. The lowest BCUT2D eigenvalue weighted by Crippen LogP contribution is -2.08. The van der Waals surface area contributed by atoms with Crippen LogP contribution in [0.4, 0.5) is 11.4 Å². The van der Waals surface area contributed by atoms with Crippen LogP contribution in [0.15, 0.2) is 24.3 Å². The zero-order valence-electron chi connectivity index (χ0n) is 12.8. The van der Waals surface area contributed by atoms with Gasteiger partial charge in [0.2, 0.25) is 0 Å². The quantitative estimate of drug-likeness (QED) is 0.575. The van der Waals surface area contributed by atoms with E-state index in [4.69, 9.17) is 39.8 Å². The molecular weight excluding hydrogens is 339 g/mol. The van der Waals surface area contributed by atoms with E-state index in [-0.39, 0.29) is 16.6 Å². The number of anilines is 2.